The summed E-state index contributed by atoms with van der Waals surface area (Å²) in [6.07, 6.45) is 0. The lowest BCUT2D eigenvalue weighted by molar-refractivity contribution is 0.0519. The van der Waals surface area contributed by atoms with Crippen molar-refractivity contribution in [3.05, 3.63) is 35.4 Å². The average Bonchev–Trinajstić information content (AvgIpc) is 2.70. The smallest absolute Gasteiger partial charge is 0.335 e. The zero-order chi connectivity index (χ0) is 12.9. The first-order valence-electron chi connectivity index (χ1n) is 5.91. The molecule has 2 unspecified atom stereocenters. The summed E-state index contributed by atoms with van der Waals surface area (Å²) in [4.78, 5) is 12.8. The topological polar surface area (TPSA) is 40.5 Å². The van der Waals surface area contributed by atoms with Crippen LogP contribution in [-0.4, -0.2) is 35.0 Å². The number of likely N-dealkylation sites (tertiary alicyclic amines) is 1. The van der Waals surface area contributed by atoms with Crippen LogP contribution >= 0.6 is 0 Å². The minimum Gasteiger partial charge on any atom is -0.478 e. The molecule has 2 aliphatic rings. The molecule has 2 fully saturated rings. The molecule has 1 saturated heterocycles. The molecule has 1 saturated carbocycles. The lowest BCUT2D eigenvalue weighted by atomic mass is 10.1. The summed E-state index contributed by atoms with van der Waals surface area (Å²) in [6, 6.07) is 6.64. The molecule has 0 radical (unpaired) electrons. The third-order valence-electron chi connectivity index (χ3n) is 3.86. The molecule has 2 atom stereocenters. The van der Waals surface area contributed by atoms with Crippen LogP contribution in [0, 0.1) is 11.8 Å². The van der Waals surface area contributed by atoms with Gasteiger partial charge in [-0.3, -0.25) is 4.90 Å². The predicted molar refractivity (Wildman–Crippen MR) is 60.6 cm³/mol. The van der Waals surface area contributed by atoms with Crippen LogP contribution in [0.15, 0.2) is 24.3 Å². The van der Waals surface area contributed by atoms with Crippen LogP contribution in [0.5, 0.6) is 0 Å². The van der Waals surface area contributed by atoms with Crippen molar-refractivity contribution in [1.29, 1.82) is 0 Å². The highest BCUT2D eigenvalue weighted by Crippen LogP contribution is 2.59. The van der Waals surface area contributed by atoms with E-state index in [1.54, 1.807) is 12.1 Å². The Balaban J connectivity index is 1.65. The first kappa shape index (κ1) is 11.6. The van der Waals surface area contributed by atoms with Gasteiger partial charge < -0.3 is 5.11 Å². The van der Waals surface area contributed by atoms with E-state index in [0.717, 1.165) is 5.56 Å². The molecule has 1 aromatic carbocycles. The first-order chi connectivity index (χ1) is 8.48. The molecule has 0 aromatic heterocycles. The molecule has 0 spiro atoms. The second-order valence-corrected chi connectivity index (χ2v) is 5.09. The molecule has 96 valence electrons. The number of nitrogens with zero attached hydrogens (tertiary/aromatic N) is 1. The molecule has 0 amide bonds. The maximum atomic E-state index is 13.0. The lowest BCUT2D eigenvalue weighted by Crippen LogP contribution is -2.27. The Morgan fingerprint density at radius 2 is 2.06 bits per heavy atom. The maximum absolute atomic E-state index is 13.0. The Morgan fingerprint density at radius 1 is 1.39 bits per heavy atom. The monoisotopic (exact) mass is 253 g/mol. The van der Waals surface area contributed by atoms with Gasteiger partial charge in [0.2, 0.25) is 0 Å². The van der Waals surface area contributed by atoms with Crippen LogP contribution in [-0.2, 0) is 6.54 Å². The summed E-state index contributed by atoms with van der Waals surface area (Å²) >= 11 is 0. The molecule has 5 heteroatoms. The van der Waals surface area contributed by atoms with E-state index >= 15 is 0 Å². The van der Waals surface area contributed by atoms with Gasteiger partial charge in [-0.25, -0.2) is 13.6 Å². The van der Waals surface area contributed by atoms with E-state index in [4.69, 9.17) is 5.11 Å². The van der Waals surface area contributed by atoms with Crippen LogP contribution in [0.25, 0.3) is 0 Å². The van der Waals surface area contributed by atoms with Gasteiger partial charge >= 0.3 is 5.97 Å². The van der Waals surface area contributed by atoms with Crippen LogP contribution in [0.4, 0.5) is 8.78 Å². The molecule has 3 rings (SSSR count). The summed E-state index contributed by atoms with van der Waals surface area (Å²) in [6.45, 7) is 1.37. The number of piperidine rings is 1. The normalized spacial score (nSPS) is 29.0. The number of carboxylic acids is 1. The third kappa shape index (κ3) is 1.79. The van der Waals surface area contributed by atoms with Crippen molar-refractivity contribution in [3.63, 3.8) is 0 Å². The summed E-state index contributed by atoms with van der Waals surface area (Å²) < 4.78 is 26.0. The van der Waals surface area contributed by atoms with E-state index < -0.39 is 23.7 Å². The Morgan fingerprint density at radius 3 is 2.67 bits per heavy atom. The highest BCUT2D eigenvalue weighted by Gasteiger charge is 2.71. The van der Waals surface area contributed by atoms with Gasteiger partial charge in [-0.1, -0.05) is 12.1 Å². The van der Waals surface area contributed by atoms with Crippen molar-refractivity contribution < 1.29 is 18.7 Å². The van der Waals surface area contributed by atoms with Crippen LogP contribution in [0.2, 0.25) is 0 Å². The van der Waals surface area contributed by atoms with Gasteiger partial charge in [-0.2, -0.15) is 0 Å². The number of fused-ring (bicyclic) bond motifs is 1. The predicted octanol–water partition coefficient (Wildman–Crippen LogP) is 2.08. The van der Waals surface area contributed by atoms with Gasteiger partial charge in [-0.05, 0) is 17.7 Å². The molecule has 1 aliphatic heterocycles. The van der Waals surface area contributed by atoms with Gasteiger partial charge in [0.25, 0.3) is 5.92 Å². The molecule has 0 bridgehead atoms. The van der Waals surface area contributed by atoms with Crippen LogP contribution < -0.4 is 0 Å². The van der Waals surface area contributed by atoms with Crippen molar-refractivity contribution in [3.8, 4) is 0 Å². The van der Waals surface area contributed by atoms with Gasteiger partial charge in [0, 0.05) is 31.5 Å². The zero-order valence-electron chi connectivity index (χ0n) is 9.64. The second kappa shape index (κ2) is 3.75. The largest absolute Gasteiger partial charge is 0.478 e. The first-order valence-corrected chi connectivity index (χ1v) is 5.91. The number of aromatic carboxylic acids is 1. The standard InChI is InChI=1S/C13H13F2NO2/c14-13(15)10-6-16(7-11(10)13)5-8-2-1-3-9(4-8)12(17)18/h1-4,10-11H,5-7H2,(H,17,18). The quantitative estimate of drug-likeness (QED) is 0.896. The van der Waals surface area contributed by atoms with Gasteiger partial charge in [0.15, 0.2) is 0 Å². The van der Waals surface area contributed by atoms with Crippen molar-refractivity contribution in [2.75, 3.05) is 13.1 Å². The summed E-state index contributed by atoms with van der Waals surface area (Å²) in [5.41, 5.74) is 1.10. The van der Waals surface area contributed by atoms with E-state index in [-0.39, 0.29) is 5.56 Å². The molecular weight excluding hydrogens is 240 g/mol. The number of benzene rings is 1. The SMILES string of the molecule is O=C(O)c1cccc(CN2CC3C(C2)C3(F)F)c1. The number of hydrogen-bond donors (Lipinski definition) is 1. The minimum atomic E-state index is -2.46. The Kier molecular flexibility index (Phi) is 2.41. The maximum Gasteiger partial charge on any atom is 0.335 e. The number of hydrogen-bond acceptors (Lipinski definition) is 2. The fourth-order valence-electron chi connectivity index (χ4n) is 2.78. The summed E-state index contributed by atoms with van der Waals surface area (Å²) in [5, 5.41) is 8.88. The van der Waals surface area contributed by atoms with Crippen LogP contribution in [0.1, 0.15) is 15.9 Å². The number of halogens is 2. The van der Waals surface area contributed by atoms with Crippen LogP contribution in [0.3, 0.4) is 0 Å². The molecular formula is C13H13F2NO2. The van der Waals surface area contributed by atoms with E-state index in [9.17, 15) is 13.6 Å². The molecule has 1 N–H and O–H groups in total. The number of rotatable bonds is 3. The summed E-state index contributed by atoms with van der Waals surface area (Å²) in [5.74, 6) is -4.40. The Bertz CT molecular complexity index is 490. The molecule has 1 aromatic rings. The average molecular weight is 253 g/mol. The zero-order valence-corrected chi connectivity index (χ0v) is 9.64. The summed E-state index contributed by atoms with van der Waals surface area (Å²) in [7, 11) is 0. The number of alkyl halides is 2. The fraction of sp³-hybridized carbons (Fsp3) is 0.462. The van der Waals surface area contributed by atoms with Crippen molar-refractivity contribution in [2.24, 2.45) is 11.8 Å². The number of carbonyl (C=O) groups is 1. The van der Waals surface area contributed by atoms with Crippen molar-refractivity contribution >= 4 is 5.97 Å². The Hall–Kier alpha value is -1.49. The van der Waals surface area contributed by atoms with Crippen molar-refractivity contribution in [2.45, 2.75) is 12.5 Å². The van der Waals surface area contributed by atoms with E-state index in [0.29, 0.717) is 19.6 Å². The van der Waals surface area contributed by atoms with Gasteiger partial charge in [0.05, 0.1) is 5.56 Å². The molecule has 1 heterocycles. The molecule has 1 aliphatic carbocycles. The fourth-order valence-corrected chi connectivity index (χ4v) is 2.78. The molecule has 3 nitrogen and oxygen atoms in total. The highest BCUT2D eigenvalue weighted by atomic mass is 19.3. The molecule has 18 heavy (non-hydrogen) atoms. The van der Waals surface area contributed by atoms with Crippen molar-refractivity contribution in [1.82, 2.24) is 4.90 Å². The van der Waals surface area contributed by atoms with Gasteiger partial charge in [0.1, 0.15) is 0 Å². The lowest BCUT2D eigenvalue weighted by Gasteiger charge is -2.19. The third-order valence-corrected chi connectivity index (χ3v) is 3.86. The Labute approximate surface area is 103 Å². The number of carboxylic acid groups (broad SMARTS) is 1. The second-order valence-electron chi connectivity index (χ2n) is 5.09. The van der Waals surface area contributed by atoms with E-state index in [2.05, 4.69) is 0 Å². The minimum absolute atomic E-state index is 0.238. The van der Waals surface area contributed by atoms with E-state index in [1.165, 1.54) is 6.07 Å². The van der Waals surface area contributed by atoms with Gasteiger partial charge in [-0.15, -0.1) is 0 Å². The van der Waals surface area contributed by atoms with E-state index in [1.807, 2.05) is 11.0 Å². The highest BCUT2D eigenvalue weighted by molar-refractivity contribution is 5.87.